The number of nitrogens with one attached hydrogen (secondary N) is 1. The lowest BCUT2D eigenvalue weighted by Crippen LogP contribution is -2.55. The molecule has 49 heavy (non-hydrogen) atoms. The number of benzene rings is 4. The number of likely N-dealkylation sites (tertiary alicyclic amines) is 1. The van der Waals surface area contributed by atoms with Gasteiger partial charge in [-0.15, -0.1) is 0 Å². The number of methoxy groups -OCH3 is 2. The van der Waals surface area contributed by atoms with Gasteiger partial charge in [-0.1, -0.05) is 85.3 Å². The third-order valence-corrected chi connectivity index (χ3v) is 11.4. The molecule has 6 rings (SSSR count). The minimum atomic E-state index is -0.116. The van der Waals surface area contributed by atoms with E-state index in [0.29, 0.717) is 13.0 Å². The summed E-state index contributed by atoms with van der Waals surface area (Å²) in [6.07, 6.45) is 12.8. The molecule has 1 unspecified atom stereocenters. The SMILES string of the molecule is COc1ccc(CCC(=O)NCCCC(CCCN2CCCCC23CCc2cc(OC)ccc2C3)(c2ccccc2)c2ccccc2)cc1. The monoisotopic (exact) mass is 658 g/mol. The Morgan fingerprint density at radius 3 is 2.14 bits per heavy atom. The third kappa shape index (κ3) is 8.38. The second-order valence-electron chi connectivity index (χ2n) is 14.2. The van der Waals surface area contributed by atoms with Crippen LogP contribution in [0, 0.1) is 0 Å². The number of rotatable bonds is 15. The van der Waals surface area contributed by atoms with E-state index in [1.807, 2.05) is 24.3 Å². The van der Waals surface area contributed by atoms with Gasteiger partial charge < -0.3 is 14.8 Å². The second kappa shape index (κ2) is 16.5. The number of ether oxygens (including phenoxy) is 2. The highest BCUT2D eigenvalue weighted by Crippen LogP contribution is 2.44. The molecule has 5 nitrogen and oxygen atoms in total. The fourth-order valence-corrected chi connectivity index (χ4v) is 8.64. The van der Waals surface area contributed by atoms with E-state index in [1.165, 1.54) is 54.5 Å². The van der Waals surface area contributed by atoms with Crippen LogP contribution in [0.25, 0.3) is 0 Å². The van der Waals surface area contributed by atoms with E-state index in [-0.39, 0.29) is 16.9 Å². The standard InChI is InChI=1S/C44H54N2O3/c1-48-40-21-17-35(18-22-40)19-24-42(47)45-30-11-27-44(38-13-5-3-6-14-38,39-15-7-4-8-16-39)28-12-32-46-31-10-9-26-43(46)29-25-36-33-41(49-2)23-20-37(36)34-43/h3-8,13-18,20-23,33H,9-12,19,24-32,34H2,1-2H3,(H,45,47). The first kappa shape index (κ1) is 34.8. The van der Waals surface area contributed by atoms with E-state index in [1.54, 1.807) is 14.2 Å². The molecule has 1 N–H and O–H groups in total. The van der Waals surface area contributed by atoms with Gasteiger partial charge in [0.2, 0.25) is 5.91 Å². The molecule has 0 aromatic heterocycles. The number of aryl methyl sites for hydroxylation is 2. The quantitative estimate of drug-likeness (QED) is 0.130. The van der Waals surface area contributed by atoms with Crippen LogP contribution < -0.4 is 14.8 Å². The molecule has 2 aliphatic rings. The van der Waals surface area contributed by atoms with Gasteiger partial charge in [-0.2, -0.15) is 0 Å². The van der Waals surface area contributed by atoms with Crippen molar-refractivity contribution in [2.45, 2.75) is 88.0 Å². The van der Waals surface area contributed by atoms with Crippen LogP contribution in [0.4, 0.5) is 0 Å². The van der Waals surface area contributed by atoms with E-state index < -0.39 is 0 Å². The number of fused-ring (bicyclic) bond motifs is 1. The summed E-state index contributed by atoms with van der Waals surface area (Å²) in [7, 11) is 3.44. The Balaban J connectivity index is 1.13. The second-order valence-corrected chi connectivity index (χ2v) is 14.2. The molecule has 1 amide bonds. The molecular weight excluding hydrogens is 604 g/mol. The van der Waals surface area contributed by atoms with Gasteiger partial charge in [-0.25, -0.2) is 0 Å². The fourth-order valence-electron chi connectivity index (χ4n) is 8.64. The first-order chi connectivity index (χ1) is 24.0. The van der Waals surface area contributed by atoms with Crippen LogP contribution in [-0.4, -0.2) is 50.2 Å². The lowest BCUT2D eigenvalue weighted by atomic mass is 9.68. The van der Waals surface area contributed by atoms with E-state index in [2.05, 4.69) is 89.1 Å². The predicted octanol–water partition coefficient (Wildman–Crippen LogP) is 8.71. The topological polar surface area (TPSA) is 50.8 Å². The molecule has 1 fully saturated rings. The molecule has 0 saturated carbocycles. The molecule has 1 spiro atoms. The van der Waals surface area contributed by atoms with Crippen molar-refractivity contribution in [1.82, 2.24) is 10.2 Å². The van der Waals surface area contributed by atoms with E-state index in [9.17, 15) is 4.79 Å². The van der Waals surface area contributed by atoms with Gasteiger partial charge >= 0.3 is 0 Å². The smallest absolute Gasteiger partial charge is 0.220 e. The summed E-state index contributed by atoms with van der Waals surface area (Å²) in [6, 6.07) is 36.9. The van der Waals surface area contributed by atoms with Crippen molar-refractivity contribution in [1.29, 1.82) is 0 Å². The molecule has 0 radical (unpaired) electrons. The molecule has 1 atom stereocenters. The van der Waals surface area contributed by atoms with Crippen molar-refractivity contribution in [3.8, 4) is 11.5 Å². The van der Waals surface area contributed by atoms with E-state index >= 15 is 0 Å². The van der Waals surface area contributed by atoms with Crippen LogP contribution in [0.5, 0.6) is 11.5 Å². The summed E-state index contributed by atoms with van der Waals surface area (Å²) in [5, 5.41) is 3.23. The third-order valence-electron chi connectivity index (χ3n) is 11.4. The van der Waals surface area contributed by atoms with Crippen molar-refractivity contribution in [3.63, 3.8) is 0 Å². The first-order valence-corrected chi connectivity index (χ1v) is 18.5. The summed E-state index contributed by atoms with van der Waals surface area (Å²) in [6.45, 7) is 3.00. The molecule has 5 heteroatoms. The lowest BCUT2D eigenvalue weighted by Gasteiger charge is -2.50. The number of hydrogen-bond donors (Lipinski definition) is 1. The average Bonchev–Trinajstić information content (AvgIpc) is 3.16. The maximum Gasteiger partial charge on any atom is 0.220 e. The molecule has 1 aliphatic carbocycles. The Morgan fingerprint density at radius 1 is 0.776 bits per heavy atom. The highest BCUT2D eigenvalue weighted by molar-refractivity contribution is 5.76. The maximum atomic E-state index is 12.9. The number of piperidine rings is 1. The fraction of sp³-hybridized carbons (Fsp3) is 0.432. The van der Waals surface area contributed by atoms with Gasteiger partial charge in [0.15, 0.2) is 0 Å². The van der Waals surface area contributed by atoms with Gasteiger partial charge in [0.05, 0.1) is 14.2 Å². The minimum absolute atomic E-state index is 0.115. The van der Waals surface area contributed by atoms with Crippen molar-refractivity contribution >= 4 is 5.91 Å². The summed E-state index contributed by atoms with van der Waals surface area (Å²) < 4.78 is 10.8. The number of amides is 1. The zero-order chi connectivity index (χ0) is 33.9. The maximum absolute atomic E-state index is 12.9. The summed E-state index contributed by atoms with van der Waals surface area (Å²) in [5.74, 6) is 1.93. The van der Waals surface area contributed by atoms with Crippen molar-refractivity contribution < 1.29 is 14.3 Å². The molecule has 4 aromatic rings. The molecule has 258 valence electrons. The van der Waals surface area contributed by atoms with Crippen LogP contribution >= 0.6 is 0 Å². The Kier molecular flexibility index (Phi) is 11.7. The van der Waals surface area contributed by atoms with Crippen LogP contribution in [0.1, 0.15) is 85.6 Å². The van der Waals surface area contributed by atoms with Gasteiger partial charge in [0, 0.05) is 23.9 Å². The van der Waals surface area contributed by atoms with E-state index in [0.717, 1.165) is 68.6 Å². The highest BCUT2D eigenvalue weighted by Gasteiger charge is 2.42. The van der Waals surface area contributed by atoms with Crippen molar-refractivity contribution in [2.75, 3.05) is 33.9 Å². The number of hydrogen-bond acceptors (Lipinski definition) is 4. The molecule has 1 heterocycles. The Labute approximate surface area is 294 Å². The highest BCUT2D eigenvalue weighted by atomic mass is 16.5. The summed E-state index contributed by atoms with van der Waals surface area (Å²) >= 11 is 0. The van der Waals surface area contributed by atoms with Gasteiger partial charge in [-0.05, 0) is 129 Å². The largest absolute Gasteiger partial charge is 0.497 e. The summed E-state index contributed by atoms with van der Waals surface area (Å²) in [5.41, 5.74) is 7.02. The normalized spacial score (nSPS) is 17.8. The molecule has 1 saturated heterocycles. The number of carbonyl (C=O) groups excluding carboxylic acids is 1. The zero-order valence-corrected chi connectivity index (χ0v) is 29.6. The van der Waals surface area contributed by atoms with Crippen LogP contribution in [0.2, 0.25) is 0 Å². The Bertz CT molecular complexity index is 1580. The zero-order valence-electron chi connectivity index (χ0n) is 29.6. The molecule has 0 bridgehead atoms. The van der Waals surface area contributed by atoms with Crippen LogP contribution in [0.3, 0.4) is 0 Å². The first-order valence-electron chi connectivity index (χ1n) is 18.5. The Hall–Kier alpha value is -4.09. The number of carbonyl (C=O) groups is 1. The lowest BCUT2D eigenvalue weighted by molar-refractivity contribution is -0.121. The predicted molar refractivity (Wildman–Crippen MR) is 200 cm³/mol. The van der Waals surface area contributed by atoms with Crippen molar-refractivity contribution in [2.24, 2.45) is 0 Å². The van der Waals surface area contributed by atoms with Crippen LogP contribution in [-0.2, 0) is 29.5 Å². The van der Waals surface area contributed by atoms with Gasteiger partial charge in [0.25, 0.3) is 0 Å². The van der Waals surface area contributed by atoms with Gasteiger partial charge in [-0.3, -0.25) is 9.69 Å². The van der Waals surface area contributed by atoms with Gasteiger partial charge in [0.1, 0.15) is 11.5 Å². The number of nitrogens with zero attached hydrogens (tertiary/aromatic N) is 1. The summed E-state index contributed by atoms with van der Waals surface area (Å²) in [4.78, 5) is 15.7. The van der Waals surface area contributed by atoms with E-state index in [4.69, 9.17) is 9.47 Å². The minimum Gasteiger partial charge on any atom is -0.497 e. The molecular formula is C44H54N2O3. The van der Waals surface area contributed by atoms with Crippen LogP contribution in [0.15, 0.2) is 103 Å². The average molecular weight is 659 g/mol. The molecule has 4 aromatic carbocycles. The molecule has 1 aliphatic heterocycles. The van der Waals surface area contributed by atoms with Crippen molar-refractivity contribution in [3.05, 3.63) is 131 Å². The Morgan fingerprint density at radius 2 is 1.45 bits per heavy atom.